The molecule has 0 saturated heterocycles. The first-order chi connectivity index (χ1) is 9.69. The first kappa shape index (κ1) is 14.3. The van der Waals surface area contributed by atoms with Crippen molar-refractivity contribution in [2.45, 2.75) is 26.9 Å². The quantitative estimate of drug-likeness (QED) is 0.875. The molecule has 0 aliphatic rings. The van der Waals surface area contributed by atoms with E-state index in [1.165, 1.54) is 0 Å². The highest BCUT2D eigenvalue weighted by atomic mass is 15.1. The fourth-order valence-electron chi connectivity index (χ4n) is 2.21. The van der Waals surface area contributed by atoms with Gasteiger partial charge in [-0.05, 0) is 37.1 Å². The average Bonchev–Trinajstić information content (AvgIpc) is 2.84. The Kier molecular flexibility index (Phi) is 4.91. The zero-order valence-electron chi connectivity index (χ0n) is 12.0. The van der Waals surface area contributed by atoms with E-state index in [1.54, 1.807) is 0 Å². The van der Waals surface area contributed by atoms with Gasteiger partial charge in [0.15, 0.2) is 0 Å². The van der Waals surface area contributed by atoms with Crippen LogP contribution in [0.15, 0.2) is 36.7 Å². The molecule has 0 saturated carbocycles. The molecule has 1 aromatic heterocycles. The van der Waals surface area contributed by atoms with Gasteiger partial charge in [-0.3, -0.25) is 0 Å². The molecule has 2 aromatic rings. The van der Waals surface area contributed by atoms with Crippen LogP contribution in [0.4, 0.5) is 0 Å². The molecule has 20 heavy (non-hydrogen) atoms. The fraction of sp³-hybridized carbons (Fsp3) is 0.375. The van der Waals surface area contributed by atoms with E-state index in [-0.39, 0.29) is 0 Å². The van der Waals surface area contributed by atoms with Crippen LogP contribution in [0.2, 0.25) is 0 Å². The SMILES string of the molecule is Cc1nccn1CC(C)CNCc1cccc(C#N)c1. The number of nitrogens with zero attached hydrogens (tertiary/aromatic N) is 3. The molecule has 0 aliphatic carbocycles. The van der Waals surface area contributed by atoms with Gasteiger partial charge in [0.25, 0.3) is 0 Å². The molecule has 1 heterocycles. The van der Waals surface area contributed by atoms with E-state index in [0.29, 0.717) is 11.5 Å². The Hall–Kier alpha value is -2.12. The van der Waals surface area contributed by atoms with Gasteiger partial charge in [0, 0.05) is 25.5 Å². The molecule has 1 aromatic carbocycles. The van der Waals surface area contributed by atoms with Gasteiger partial charge >= 0.3 is 0 Å². The maximum atomic E-state index is 8.87. The fourth-order valence-corrected chi connectivity index (χ4v) is 2.21. The molecule has 4 nitrogen and oxygen atoms in total. The molecule has 0 fully saturated rings. The standard InChI is InChI=1S/C16H20N4/c1-13(12-20-7-6-19-14(20)2)10-18-11-16-5-3-4-15(8-16)9-17/h3-8,13,18H,10-12H2,1-2H3. The van der Waals surface area contributed by atoms with Gasteiger partial charge in [-0.15, -0.1) is 0 Å². The van der Waals surface area contributed by atoms with E-state index in [9.17, 15) is 0 Å². The van der Waals surface area contributed by atoms with Crippen molar-refractivity contribution in [1.82, 2.24) is 14.9 Å². The van der Waals surface area contributed by atoms with Crippen molar-refractivity contribution in [3.05, 3.63) is 53.6 Å². The average molecular weight is 268 g/mol. The van der Waals surface area contributed by atoms with Crippen LogP contribution in [0.5, 0.6) is 0 Å². The normalized spacial score (nSPS) is 12.1. The monoisotopic (exact) mass is 268 g/mol. The first-order valence-corrected chi connectivity index (χ1v) is 6.86. The van der Waals surface area contributed by atoms with Crippen molar-refractivity contribution in [2.24, 2.45) is 5.92 Å². The van der Waals surface area contributed by atoms with Gasteiger partial charge in [0.1, 0.15) is 5.82 Å². The Morgan fingerprint density at radius 2 is 2.30 bits per heavy atom. The van der Waals surface area contributed by atoms with Crippen molar-refractivity contribution >= 4 is 0 Å². The zero-order chi connectivity index (χ0) is 14.4. The molecule has 1 atom stereocenters. The number of nitriles is 1. The molecule has 0 radical (unpaired) electrons. The second kappa shape index (κ2) is 6.88. The minimum Gasteiger partial charge on any atom is -0.335 e. The van der Waals surface area contributed by atoms with E-state index in [2.05, 4.69) is 27.9 Å². The Balaban J connectivity index is 1.78. The van der Waals surface area contributed by atoms with Crippen molar-refractivity contribution in [2.75, 3.05) is 6.54 Å². The zero-order valence-corrected chi connectivity index (χ0v) is 12.0. The van der Waals surface area contributed by atoms with Crippen LogP contribution in [-0.4, -0.2) is 16.1 Å². The Morgan fingerprint density at radius 3 is 3.00 bits per heavy atom. The summed E-state index contributed by atoms with van der Waals surface area (Å²) in [5.41, 5.74) is 1.86. The van der Waals surface area contributed by atoms with Crippen LogP contribution in [0.3, 0.4) is 0 Å². The number of rotatable bonds is 6. The number of imidazole rings is 1. The summed E-state index contributed by atoms with van der Waals surface area (Å²) in [6.07, 6.45) is 3.85. The first-order valence-electron chi connectivity index (χ1n) is 6.86. The second-order valence-corrected chi connectivity index (χ2v) is 5.18. The number of nitrogens with one attached hydrogen (secondary N) is 1. The van der Waals surface area contributed by atoms with Gasteiger partial charge in [0.2, 0.25) is 0 Å². The minimum absolute atomic E-state index is 0.530. The topological polar surface area (TPSA) is 53.6 Å². The number of aromatic nitrogens is 2. The Morgan fingerprint density at radius 1 is 1.45 bits per heavy atom. The molecule has 0 aliphatic heterocycles. The molecule has 1 unspecified atom stereocenters. The molecule has 0 spiro atoms. The number of benzene rings is 1. The molecule has 4 heteroatoms. The Bertz CT molecular complexity index is 595. The maximum Gasteiger partial charge on any atom is 0.105 e. The molecule has 1 N–H and O–H groups in total. The highest BCUT2D eigenvalue weighted by Gasteiger charge is 2.05. The molecule has 0 amide bonds. The predicted molar refractivity (Wildman–Crippen MR) is 79.0 cm³/mol. The van der Waals surface area contributed by atoms with Crippen molar-refractivity contribution in [3.8, 4) is 6.07 Å². The van der Waals surface area contributed by atoms with Crippen LogP contribution >= 0.6 is 0 Å². The predicted octanol–water partition coefficient (Wildman–Crippen LogP) is 2.49. The summed E-state index contributed by atoms with van der Waals surface area (Å²) in [5, 5.41) is 12.3. The summed E-state index contributed by atoms with van der Waals surface area (Å²) in [5.74, 6) is 1.58. The van der Waals surface area contributed by atoms with Gasteiger partial charge in [-0.1, -0.05) is 19.1 Å². The van der Waals surface area contributed by atoms with Gasteiger partial charge < -0.3 is 9.88 Å². The lowest BCUT2D eigenvalue weighted by molar-refractivity contribution is 0.440. The molecular weight excluding hydrogens is 248 g/mol. The van der Waals surface area contributed by atoms with Gasteiger partial charge in [0.05, 0.1) is 11.6 Å². The molecular formula is C16H20N4. The summed E-state index contributed by atoms with van der Waals surface area (Å²) in [6.45, 7) is 6.94. The van der Waals surface area contributed by atoms with E-state index < -0.39 is 0 Å². The lowest BCUT2D eigenvalue weighted by Crippen LogP contribution is -2.24. The summed E-state index contributed by atoms with van der Waals surface area (Å²) >= 11 is 0. The number of aryl methyl sites for hydroxylation is 1. The summed E-state index contributed by atoms with van der Waals surface area (Å²) in [4.78, 5) is 4.23. The van der Waals surface area contributed by atoms with Crippen LogP contribution in [-0.2, 0) is 13.1 Å². The largest absolute Gasteiger partial charge is 0.335 e. The third-order valence-electron chi connectivity index (χ3n) is 3.31. The van der Waals surface area contributed by atoms with E-state index >= 15 is 0 Å². The van der Waals surface area contributed by atoms with Crippen LogP contribution in [0.1, 0.15) is 23.9 Å². The van der Waals surface area contributed by atoms with Crippen LogP contribution in [0.25, 0.3) is 0 Å². The van der Waals surface area contributed by atoms with E-state index in [0.717, 1.165) is 31.0 Å². The van der Waals surface area contributed by atoms with Crippen LogP contribution in [0, 0.1) is 24.2 Å². The van der Waals surface area contributed by atoms with Gasteiger partial charge in [-0.25, -0.2) is 4.98 Å². The molecule has 104 valence electrons. The lowest BCUT2D eigenvalue weighted by Gasteiger charge is -2.14. The highest BCUT2D eigenvalue weighted by molar-refractivity contribution is 5.32. The van der Waals surface area contributed by atoms with Crippen LogP contribution < -0.4 is 5.32 Å². The summed E-state index contributed by atoms with van der Waals surface area (Å²) < 4.78 is 2.17. The van der Waals surface area contributed by atoms with Gasteiger partial charge in [-0.2, -0.15) is 5.26 Å². The second-order valence-electron chi connectivity index (χ2n) is 5.18. The summed E-state index contributed by atoms with van der Waals surface area (Å²) in [7, 11) is 0. The third kappa shape index (κ3) is 3.94. The highest BCUT2D eigenvalue weighted by Crippen LogP contribution is 2.05. The minimum atomic E-state index is 0.530. The third-order valence-corrected chi connectivity index (χ3v) is 3.31. The molecule has 0 bridgehead atoms. The maximum absolute atomic E-state index is 8.87. The number of hydrogen-bond acceptors (Lipinski definition) is 3. The molecule has 2 rings (SSSR count). The lowest BCUT2D eigenvalue weighted by atomic mass is 10.1. The van der Waals surface area contributed by atoms with E-state index in [4.69, 9.17) is 5.26 Å². The van der Waals surface area contributed by atoms with Crippen molar-refractivity contribution in [1.29, 1.82) is 5.26 Å². The van der Waals surface area contributed by atoms with Crippen molar-refractivity contribution in [3.63, 3.8) is 0 Å². The summed E-state index contributed by atoms with van der Waals surface area (Å²) in [6, 6.07) is 9.88. The van der Waals surface area contributed by atoms with E-state index in [1.807, 2.05) is 43.6 Å². The van der Waals surface area contributed by atoms with Crippen molar-refractivity contribution < 1.29 is 0 Å². The Labute approximate surface area is 120 Å². The number of hydrogen-bond donors (Lipinski definition) is 1. The smallest absolute Gasteiger partial charge is 0.105 e.